The van der Waals surface area contributed by atoms with Crippen molar-refractivity contribution in [3.63, 3.8) is 0 Å². The van der Waals surface area contributed by atoms with Crippen LogP contribution in [-0.4, -0.2) is 15.0 Å². The van der Waals surface area contributed by atoms with Gasteiger partial charge in [-0.25, -0.2) is 13.8 Å². The van der Waals surface area contributed by atoms with Gasteiger partial charge in [0.1, 0.15) is 17.9 Å². The van der Waals surface area contributed by atoms with Crippen LogP contribution in [0.1, 0.15) is 17.7 Å². The third-order valence-electron chi connectivity index (χ3n) is 1.71. The quantitative estimate of drug-likeness (QED) is 0.579. The molecule has 8 heteroatoms. The summed E-state index contributed by atoms with van der Waals surface area (Å²) in [5, 5.41) is 18.9. The molecule has 0 aromatic carbocycles. The monoisotopic (exact) mass is 220 g/mol. The van der Waals surface area contributed by atoms with E-state index in [0.29, 0.717) is 6.07 Å². The fourth-order valence-corrected chi connectivity index (χ4v) is 1.07. The van der Waals surface area contributed by atoms with Crippen molar-refractivity contribution in [2.24, 2.45) is 0 Å². The van der Waals surface area contributed by atoms with Crippen molar-refractivity contribution >= 4 is 5.82 Å². The van der Waals surface area contributed by atoms with E-state index < -0.39 is 40.5 Å². The number of H-pyrrole nitrogens is 1. The summed E-state index contributed by atoms with van der Waals surface area (Å²) in [6.45, 7) is -0.892. The lowest BCUT2D eigenvalue weighted by Gasteiger charge is -2.03. The SMILES string of the molecule is O=c1cc([N+](=O)[O-])[nH]c(CO)c1C(F)F. The Hall–Kier alpha value is -1.83. The van der Waals surface area contributed by atoms with Gasteiger partial charge >= 0.3 is 5.82 Å². The van der Waals surface area contributed by atoms with Crippen LogP contribution in [-0.2, 0) is 6.61 Å². The number of halogens is 2. The molecule has 0 aliphatic heterocycles. The van der Waals surface area contributed by atoms with Crippen molar-refractivity contribution < 1.29 is 18.8 Å². The number of aromatic amines is 1. The zero-order chi connectivity index (χ0) is 11.6. The second-order valence-corrected chi connectivity index (χ2v) is 2.63. The van der Waals surface area contributed by atoms with Gasteiger partial charge in [0.25, 0.3) is 6.43 Å². The molecule has 82 valence electrons. The van der Waals surface area contributed by atoms with Crippen molar-refractivity contribution in [3.8, 4) is 0 Å². The summed E-state index contributed by atoms with van der Waals surface area (Å²) >= 11 is 0. The molecule has 15 heavy (non-hydrogen) atoms. The van der Waals surface area contributed by atoms with Gasteiger partial charge in [0.15, 0.2) is 5.43 Å². The zero-order valence-electron chi connectivity index (χ0n) is 7.24. The Morgan fingerprint density at radius 1 is 1.60 bits per heavy atom. The van der Waals surface area contributed by atoms with Crippen molar-refractivity contribution in [1.82, 2.24) is 4.98 Å². The van der Waals surface area contributed by atoms with E-state index in [9.17, 15) is 23.7 Å². The van der Waals surface area contributed by atoms with Crippen LogP contribution in [0.3, 0.4) is 0 Å². The van der Waals surface area contributed by atoms with Crippen LogP contribution in [0.15, 0.2) is 10.9 Å². The van der Waals surface area contributed by atoms with E-state index in [1.165, 1.54) is 0 Å². The summed E-state index contributed by atoms with van der Waals surface area (Å²) in [6.07, 6.45) is -3.09. The number of aliphatic hydroxyl groups excluding tert-OH is 1. The van der Waals surface area contributed by atoms with E-state index in [2.05, 4.69) is 0 Å². The Balaban J connectivity index is 3.44. The molecule has 0 atom stereocenters. The minimum absolute atomic E-state index is 0.459. The molecule has 0 fully saturated rings. The Labute approximate surface area is 81.3 Å². The molecule has 0 spiro atoms. The van der Waals surface area contributed by atoms with Crippen LogP contribution < -0.4 is 5.43 Å². The number of alkyl halides is 2. The van der Waals surface area contributed by atoms with Crippen LogP contribution in [0.25, 0.3) is 0 Å². The van der Waals surface area contributed by atoms with Crippen LogP contribution >= 0.6 is 0 Å². The molecule has 0 saturated carbocycles. The van der Waals surface area contributed by atoms with Crippen molar-refractivity contribution in [3.05, 3.63) is 37.7 Å². The molecule has 1 aromatic heterocycles. The maximum atomic E-state index is 12.3. The fourth-order valence-electron chi connectivity index (χ4n) is 1.07. The van der Waals surface area contributed by atoms with Crippen molar-refractivity contribution in [1.29, 1.82) is 0 Å². The number of nitro groups is 1. The molecule has 0 aliphatic carbocycles. The average molecular weight is 220 g/mol. The first-order valence-corrected chi connectivity index (χ1v) is 3.77. The molecule has 0 aliphatic rings. The third-order valence-corrected chi connectivity index (χ3v) is 1.71. The molecule has 1 heterocycles. The standard InChI is InChI=1S/C7H6F2N2O4/c8-7(9)6-3(2-12)10-5(11(14)15)1-4(6)13/h1,7,12H,2H2,(H,10,13). The van der Waals surface area contributed by atoms with Crippen LogP contribution in [0.5, 0.6) is 0 Å². The summed E-state index contributed by atoms with van der Waals surface area (Å²) in [7, 11) is 0. The number of pyridine rings is 1. The first-order valence-electron chi connectivity index (χ1n) is 3.77. The minimum atomic E-state index is -3.09. The minimum Gasteiger partial charge on any atom is -0.388 e. The van der Waals surface area contributed by atoms with Gasteiger partial charge in [0, 0.05) is 0 Å². The summed E-state index contributed by atoms with van der Waals surface area (Å²) in [5.74, 6) is -0.728. The molecule has 0 amide bonds. The number of hydrogen-bond acceptors (Lipinski definition) is 4. The maximum Gasteiger partial charge on any atom is 0.324 e. The molecular formula is C7H6F2N2O4. The van der Waals surface area contributed by atoms with E-state index in [-0.39, 0.29) is 0 Å². The predicted molar refractivity (Wildman–Crippen MR) is 44.6 cm³/mol. The van der Waals surface area contributed by atoms with Gasteiger partial charge < -0.3 is 15.2 Å². The van der Waals surface area contributed by atoms with Gasteiger partial charge in [0.05, 0.1) is 6.07 Å². The zero-order valence-corrected chi connectivity index (χ0v) is 7.24. The van der Waals surface area contributed by atoms with Gasteiger partial charge in [-0.1, -0.05) is 0 Å². The highest BCUT2D eigenvalue weighted by atomic mass is 19.3. The highest BCUT2D eigenvalue weighted by Crippen LogP contribution is 2.19. The van der Waals surface area contributed by atoms with E-state index in [4.69, 9.17) is 5.11 Å². The Bertz CT molecular complexity index is 443. The Morgan fingerprint density at radius 2 is 2.20 bits per heavy atom. The first-order chi connectivity index (χ1) is 6.97. The molecule has 0 saturated heterocycles. The van der Waals surface area contributed by atoms with Gasteiger partial charge in [0.2, 0.25) is 0 Å². The second kappa shape index (κ2) is 4.13. The van der Waals surface area contributed by atoms with Gasteiger partial charge in [-0.05, 0) is 4.92 Å². The molecule has 0 radical (unpaired) electrons. The highest BCUT2D eigenvalue weighted by Gasteiger charge is 2.22. The molecule has 0 bridgehead atoms. The topological polar surface area (TPSA) is 96.2 Å². The molecule has 2 N–H and O–H groups in total. The third kappa shape index (κ3) is 2.15. The number of nitrogens with zero attached hydrogens (tertiary/aromatic N) is 1. The molecule has 0 unspecified atom stereocenters. The van der Waals surface area contributed by atoms with Gasteiger partial charge in [-0.15, -0.1) is 0 Å². The summed E-state index contributed by atoms with van der Waals surface area (Å²) in [6, 6.07) is 0.459. The highest BCUT2D eigenvalue weighted by molar-refractivity contribution is 5.30. The maximum absolute atomic E-state index is 12.3. The number of aliphatic hydroxyl groups is 1. The molecular weight excluding hydrogens is 214 g/mol. The molecule has 6 nitrogen and oxygen atoms in total. The molecule has 1 aromatic rings. The fraction of sp³-hybridized carbons (Fsp3) is 0.286. The average Bonchev–Trinajstić information content (AvgIpc) is 2.15. The van der Waals surface area contributed by atoms with Crippen LogP contribution in [0, 0.1) is 10.1 Å². The number of nitrogens with one attached hydrogen (secondary N) is 1. The summed E-state index contributed by atoms with van der Waals surface area (Å²) in [4.78, 5) is 22.3. The van der Waals surface area contributed by atoms with E-state index in [1.807, 2.05) is 4.98 Å². The summed E-state index contributed by atoms with van der Waals surface area (Å²) < 4.78 is 24.6. The Kier molecular flexibility index (Phi) is 3.10. The van der Waals surface area contributed by atoms with Crippen LogP contribution in [0.2, 0.25) is 0 Å². The van der Waals surface area contributed by atoms with E-state index in [1.54, 1.807) is 0 Å². The Morgan fingerprint density at radius 3 is 2.60 bits per heavy atom. The molecule has 1 rings (SSSR count). The van der Waals surface area contributed by atoms with Crippen LogP contribution in [0.4, 0.5) is 14.6 Å². The van der Waals surface area contributed by atoms with E-state index >= 15 is 0 Å². The number of rotatable bonds is 3. The lowest BCUT2D eigenvalue weighted by molar-refractivity contribution is -0.389. The summed E-state index contributed by atoms with van der Waals surface area (Å²) in [5.41, 5.74) is -2.65. The van der Waals surface area contributed by atoms with Crippen molar-refractivity contribution in [2.45, 2.75) is 13.0 Å². The lowest BCUT2D eigenvalue weighted by Crippen LogP contribution is -2.15. The van der Waals surface area contributed by atoms with Gasteiger partial charge in [-0.2, -0.15) is 0 Å². The number of hydrogen-bond donors (Lipinski definition) is 2. The number of aromatic nitrogens is 1. The predicted octanol–water partition coefficient (Wildman–Crippen LogP) is 0.713. The largest absolute Gasteiger partial charge is 0.388 e. The second-order valence-electron chi connectivity index (χ2n) is 2.63. The van der Waals surface area contributed by atoms with Gasteiger partial charge in [-0.3, -0.25) is 4.79 Å². The van der Waals surface area contributed by atoms with Crippen molar-refractivity contribution in [2.75, 3.05) is 0 Å². The normalized spacial score (nSPS) is 10.7. The smallest absolute Gasteiger partial charge is 0.324 e. The lowest BCUT2D eigenvalue weighted by atomic mass is 10.2. The van der Waals surface area contributed by atoms with E-state index in [0.717, 1.165) is 0 Å². The first kappa shape index (κ1) is 11.2.